The van der Waals surface area contributed by atoms with Gasteiger partial charge in [0.2, 0.25) is 0 Å². The second-order valence-corrected chi connectivity index (χ2v) is 7.09. The molecule has 1 N–H and O–H groups in total. The Hall–Kier alpha value is -0.770. The van der Waals surface area contributed by atoms with Crippen molar-refractivity contribution < 1.29 is 0 Å². The molecule has 1 fully saturated rings. The molecule has 0 radical (unpaired) electrons. The lowest BCUT2D eigenvalue weighted by molar-refractivity contribution is 0.315. The number of nitrogens with zero attached hydrogens (tertiary/aromatic N) is 2. The third kappa shape index (κ3) is 4.60. The first kappa shape index (κ1) is 16.6. The van der Waals surface area contributed by atoms with E-state index in [2.05, 4.69) is 55.2 Å². The number of hydrogen-bond donors (Lipinski definition) is 1. The van der Waals surface area contributed by atoms with Crippen LogP contribution in [0.2, 0.25) is 5.02 Å². The maximum atomic E-state index is 6.22. The van der Waals surface area contributed by atoms with Crippen LogP contribution in [0.15, 0.2) is 18.2 Å². The predicted octanol–water partition coefficient (Wildman–Crippen LogP) is 3.23. The lowest BCUT2D eigenvalue weighted by Crippen LogP contribution is -2.32. The molecular weight excluding hydrogens is 282 g/mol. The van der Waals surface area contributed by atoms with E-state index in [4.69, 9.17) is 11.6 Å². The fraction of sp³-hybridized carbons (Fsp3) is 0.647. The Labute approximate surface area is 134 Å². The Bertz CT molecular complexity index is 459. The van der Waals surface area contributed by atoms with E-state index in [1.54, 1.807) is 0 Å². The highest BCUT2D eigenvalue weighted by Gasteiger charge is 2.25. The van der Waals surface area contributed by atoms with Crippen molar-refractivity contribution in [3.63, 3.8) is 0 Å². The molecule has 1 unspecified atom stereocenters. The largest absolute Gasteiger partial charge is 0.370 e. The first-order chi connectivity index (χ1) is 9.97. The summed E-state index contributed by atoms with van der Waals surface area (Å²) in [5, 5.41) is 4.36. The van der Waals surface area contributed by atoms with Crippen LogP contribution in [-0.2, 0) is 6.54 Å². The smallest absolute Gasteiger partial charge is 0.0427 e. The van der Waals surface area contributed by atoms with Crippen molar-refractivity contribution in [2.45, 2.75) is 32.9 Å². The number of rotatable bonds is 6. The zero-order valence-electron chi connectivity index (χ0n) is 13.7. The number of hydrogen-bond acceptors (Lipinski definition) is 3. The Morgan fingerprint density at radius 1 is 1.38 bits per heavy atom. The van der Waals surface area contributed by atoms with Crippen molar-refractivity contribution in [3.05, 3.63) is 28.8 Å². The van der Waals surface area contributed by atoms with Gasteiger partial charge >= 0.3 is 0 Å². The van der Waals surface area contributed by atoms with Crippen LogP contribution in [0.5, 0.6) is 0 Å². The number of nitrogens with one attached hydrogen (secondary N) is 1. The van der Waals surface area contributed by atoms with Gasteiger partial charge in [0.05, 0.1) is 0 Å². The number of likely N-dealkylation sites (N-methyl/N-ethyl adjacent to an activating group) is 1. The summed E-state index contributed by atoms with van der Waals surface area (Å²) in [5.41, 5.74) is 2.64. The first-order valence-corrected chi connectivity index (χ1v) is 8.25. The summed E-state index contributed by atoms with van der Waals surface area (Å²) in [6.45, 7) is 8.62. The van der Waals surface area contributed by atoms with Crippen molar-refractivity contribution in [3.8, 4) is 0 Å². The molecule has 3 nitrogen and oxygen atoms in total. The van der Waals surface area contributed by atoms with Crippen LogP contribution in [0.1, 0.15) is 25.8 Å². The van der Waals surface area contributed by atoms with Gasteiger partial charge in [-0.3, -0.25) is 0 Å². The van der Waals surface area contributed by atoms with Gasteiger partial charge in [0.1, 0.15) is 0 Å². The van der Waals surface area contributed by atoms with Gasteiger partial charge in [-0.05, 0) is 50.7 Å². The molecule has 1 aliphatic heterocycles. The van der Waals surface area contributed by atoms with Crippen LogP contribution in [0.4, 0.5) is 5.69 Å². The molecule has 1 aliphatic rings. The molecule has 1 atom stereocenters. The summed E-state index contributed by atoms with van der Waals surface area (Å²) in [5.74, 6) is 0.672. The van der Waals surface area contributed by atoms with E-state index in [0.717, 1.165) is 31.2 Å². The molecule has 0 aromatic heterocycles. The number of anilines is 1. The normalized spacial score (nSPS) is 19.0. The lowest BCUT2D eigenvalue weighted by atomic mass is 10.1. The monoisotopic (exact) mass is 309 g/mol. The number of halogens is 1. The SMILES string of the molecule is CC(C)CNCc1ccc(Cl)cc1N1CCC(N(C)C)C1. The van der Waals surface area contributed by atoms with Crippen LogP contribution in [0, 0.1) is 5.92 Å². The topological polar surface area (TPSA) is 18.5 Å². The lowest BCUT2D eigenvalue weighted by Gasteiger charge is -2.24. The Morgan fingerprint density at radius 2 is 2.14 bits per heavy atom. The zero-order valence-corrected chi connectivity index (χ0v) is 14.5. The molecule has 0 amide bonds. The van der Waals surface area contributed by atoms with E-state index in [9.17, 15) is 0 Å². The van der Waals surface area contributed by atoms with E-state index < -0.39 is 0 Å². The van der Waals surface area contributed by atoms with Crippen molar-refractivity contribution in [2.24, 2.45) is 5.92 Å². The van der Waals surface area contributed by atoms with Gasteiger partial charge in [0, 0.05) is 36.4 Å². The fourth-order valence-electron chi connectivity index (χ4n) is 2.86. The van der Waals surface area contributed by atoms with Crippen molar-refractivity contribution >= 4 is 17.3 Å². The van der Waals surface area contributed by atoms with E-state index in [-0.39, 0.29) is 0 Å². The van der Waals surface area contributed by atoms with Gasteiger partial charge < -0.3 is 15.1 Å². The van der Waals surface area contributed by atoms with Crippen LogP contribution in [0.25, 0.3) is 0 Å². The molecule has 118 valence electrons. The van der Waals surface area contributed by atoms with Crippen LogP contribution >= 0.6 is 11.6 Å². The zero-order chi connectivity index (χ0) is 15.4. The maximum absolute atomic E-state index is 6.22. The summed E-state index contributed by atoms with van der Waals surface area (Å²) in [7, 11) is 4.33. The summed E-state index contributed by atoms with van der Waals surface area (Å²) < 4.78 is 0. The van der Waals surface area contributed by atoms with Gasteiger partial charge in [-0.25, -0.2) is 0 Å². The van der Waals surface area contributed by atoms with Crippen molar-refractivity contribution in [1.82, 2.24) is 10.2 Å². The molecule has 4 heteroatoms. The quantitative estimate of drug-likeness (QED) is 0.870. The summed E-state index contributed by atoms with van der Waals surface area (Å²) >= 11 is 6.22. The molecule has 0 aliphatic carbocycles. The maximum Gasteiger partial charge on any atom is 0.0427 e. The van der Waals surface area contributed by atoms with Gasteiger partial charge in [-0.1, -0.05) is 31.5 Å². The average molecular weight is 310 g/mol. The molecule has 1 saturated heterocycles. The second kappa shape index (κ2) is 7.48. The van der Waals surface area contributed by atoms with Crippen LogP contribution in [-0.4, -0.2) is 44.7 Å². The molecular formula is C17H28ClN3. The standard InChI is InChI=1S/C17H28ClN3/c1-13(2)10-19-11-14-5-6-15(18)9-17(14)21-8-7-16(12-21)20(3)4/h5-6,9,13,16,19H,7-8,10-12H2,1-4H3. The molecule has 1 heterocycles. The highest BCUT2D eigenvalue weighted by molar-refractivity contribution is 6.30. The molecule has 1 aromatic rings. The third-order valence-electron chi connectivity index (χ3n) is 4.15. The summed E-state index contributed by atoms with van der Waals surface area (Å²) in [6, 6.07) is 6.91. The molecule has 21 heavy (non-hydrogen) atoms. The van der Waals surface area contributed by atoms with Gasteiger partial charge in [0.15, 0.2) is 0 Å². The van der Waals surface area contributed by atoms with Gasteiger partial charge in [0.25, 0.3) is 0 Å². The third-order valence-corrected chi connectivity index (χ3v) is 4.38. The van der Waals surface area contributed by atoms with E-state index in [1.807, 2.05) is 6.07 Å². The molecule has 0 bridgehead atoms. The Balaban J connectivity index is 2.08. The second-order valence-electron chi connectivity index (χ2n) is 6.65. The van der Waals surface area contributed by atoms with Crippen molar-refractivity contribution in [2.75, 3.05) is 38.6 Å². The molecule has 2 rings (SSSR count). The number of benzene rings is 1. The van der Waals surface area contributed by atoms with E-state index in [0.29, 0.717) is 12.0 Å². The van der Waals surface area contributed by atoms with E-state index >= 15 is 0 Å². The van der Waals surface area contributed by atoms with Crippen LogP contribution < -0.4 is 10.2 Å². The average Bonchev–Trinajstić information content (AvgIpc) is 2.89. The Kier molecular flexibility index (Phi) is 5.91. The summed E-state index contributed by atoms with van der Waals surface area (Å²) in [6.07, 6.45) is 1.22. The minimum atomic E-state index is 0.639. The predicted molar refractivity (Wildman–Crippen MR) is 92.3 cm³/mol. The first-order valence-electron chi connectivity index (χ1n) is 7.88. The fourth-order valence-corrected chi connectivity index (χ4v) is 3.02. The van der Waals surface area contributed by atoms with Crippen LogP contribution in [0.3, 0.4) is 0 Å². The summed E-state index contributed by atoms with van der Waals surface area (Å²) in [4.78, 5) is 4.80. The van der Waals surface area contributed by atoms with Gasteiger partial charge in [-0.2, -0.15) is 0 Å². The Morgan fingerprint density at radius 3 is 2.76 bits per heavy atom. The van der Waals surface area contributed by atoms with Crippen molar-refractivity contribution in [1.29, 1.82) is 0 Å². The van der Waals surface area contributed by atoms with E-state index in [1.165, 1.54) is 17.7 Å². The molecule has 0 saturated carbocycles. The molecule has 1 aromatic carbocycles. The highest BCUT2D eigenvalue weighted by atomic mass is 35.5. The minimum absolute atomic E-state index is 0.639. The minimum Gasteiger partial charge on any atom is -0.370 e. The van der Waals surface area contributed by atoms with Gasteiger partial charge in [-0.15, -0.1) is 0 Å². The molecule has 0 spiro atoms. The highest BCUT2D eigenvalue weighted by Crippen LogP contribution is 2.29.